The Hall–Kier alpha value is -2.87. The standard InChI is InChI=1S/C19H19N3O4S/c23-19(21-14-8-10-27(24,25)13-14)16-5-1-2-6-17(16)26-12-15-11-22-9-4-3-7-18(22)20-15/h1-7,9,11,14H,8,10,12-13H2,(H,21,23). The molecule has 1 atom stereocenters. The van der Waals surface area contributed by atoms with Crippen molar-refractivity contribution in [1.29, 1.82) is 0 Å². The molecule has 0 saturated carbocycles. The van der Waals surface area contributed by atoms with E-state index in [2.05, 4.69) is 10.3 Å². The van der Waals surface area contributed by atoms with Crippen LogP contribution in [0.25, 0.3) is 5.65 Å². The van der Waals surface area contributed by atoms with Gasteiger partial charge in [0, 0.05) is 18.4 Å². The highest BCUT2D eigenvalue weighted by molar-refractivity contribution is 7.91. The SMILES string of the molecule is O=C(NC1CCS(=O)(=O)C1)c1ccccc1OCc1cn2ccccc2n1. The van der Waals surface area contributed by atoms with Gasteiger partial charge in [0.25, 0.3) is 5.91 Å². The summed E-state index contributed by atoms with van der Waals surface area (Å²) in [5, 5.41) is 2.79. The summed E-state index contributed by atoms with van der Waals surface area (Å²) in [7, 11) is -3.05. The summed E-state index contributed by atoms with van der Waals surface area (Å²) in [5.74, 6) is 0.211. The van der Waals surface area contributed by atoms with Gasteiger partial charge >= 0.3 is 0 Å². The molecular formula is C19H19N3O4S. The zero-order valence-corrected chi connectivity index (χ0v) is 15.4. The van der Waals surface area contributed by atoms with Gasteiger partial charge in [-0.25, -0.2) is 13.4 Å². The monoisotopic (exact) mass is 385 g/mol. The van der Waals surface area contributed by atoms with Gasteiger partial charge in [0.2, 0.25) is 0 Å². The first-order valence-corrected chi connectivity index (χ1v) is 10.5. The Kier molecular flexibility index (Phi) is 4.57. The molecule has 0 radical (unpaired) electrons. The molecule has 1 fully saturated rings. The van der Waals surface area contributed by atoms with E-state index >= 15 is 0 Å². The fourth-order valence-electron chi connectivity index (χ4n) is 3.16. The van der Waals surface area contributed by atoms with E-state index in [-0.39, 0.29) is 30.1 Å². The Bertz CT molecular complexity index is 1060. The van der Waals surface area contributed by atoms with Crippen LogP contribution in [0.15, 0.2) is 54.9 Å². The Morgan fingerprint density at radius 1 is 1.22 bits per heavy atom. The first-order valence-electron chi connectivity index (χ1n) is 8.66. The Morgan fingerprint density at radius 3 is 2.81 bits per heavy atom. The lowest BCUT2D eigenvalue weighted by Crippen LogP contribution is -2.35. The molecule has 3 heterocycles. The normalized spacial score (nSPS) is 18.4. The molecule has 1 saturated heterocycles. The summed E-state index contributed by atoms with van der Waals surface area (Å²) in [4.78, 5) is 17.1. The number of fused-ring (bicyclic) bond motifs is 1. The van der Waals surface area contributed by atoms with Crippen LogP contribution in [-0.4, -0.2) is 41.3 Å². The minimum atomic E-state index is -3.05. The molecule has 4 rings (SSSR count). The van der Waals surface area contributed by atoms with E-state index in [1.54, 1.807) is 24.3 Å². The van der Waals surface area contributed by atoms with Crippen molar-refractivity contribution < 1.29 is 17.9 Å². The lowest BCUT2D eigenvalue weighted by atomic mass is 10.1. The van der Waals surface area contributed by atoms with Gasteiger partial charge < -0.3 is 14.5 Å². The summed E-state index contributed by atoms with van der Waals surface area (Å²) in [6, 6.07) is 12.3. The number of aromatic nitrogens is 2. The number of para-hydroxylation sites is 1. The average molecular weight is 385 g/mol. The highest BCUT2D eigenvalue weighted by atomic mass is 32.2. The third-order valence-corrected chi connectivity index (χ3v) is 6.26. The number of benzene rings is 1. The maximum atomic E-state index is 12.6. The van der Waals surface area contributed by atoms with Gasteiger partial charge in [-0.3, -0.25) is 4.79 Å². The molecule has 0 spiro atoms. The van der Waals surface area contributed by atoms with Crippen molar-refractivity contribution in [3.8, 4) is 5.75 Å². The average Bonchev–Trinajstić information content (AvgIpc) is 3.22. The molecule has 1 aromatic carbocycles. The molecule has 3 aromatic rings. The predicted molar refractivity (Wildman–Crippen MR) is 100 cm³/mol. The number of rotatable bonds is 5. The van der Waals surface area contributed by atoms with Crippen LogP contribution in [0.1, 0.15) is 22.5 Å². The van der Waals surface area contributed by atoms with Crippen LogP contribution in [0.5, 0.6) is 5.75 Å². The van der Waals surface area contributed by atoms with Gasteiger partial charge in [0.1, 0.15) is 18.0 Å². The van der Waals surface area contributed by atoms with E-state index in [1.165, 1.54) is 0 Å². The van der Waals surface area contributed by atoms with Crippen LogP contribution in [0.4, 0.5) is 0 Å². The molecule has 0 bridgehead atoms. The maximum absolute atomic E-state index is 12.6. The second kappa shape index (κ2) is 7.03. The number of pyridine rings is 1. The van der Waals surface area contributed by atoms with Crippen molar-refractivity contribution >= 4 is 21.4 Å². The number of nitrogens with zero attached hydrogens (tertiary/aromatic N) is 2. The number of amides is 1. The van der Waals surface area contributed by atoms with Crippen LogP contribution >= 0.6 is 0 Å². The van der Waals surface area contributed by atoms with E-state index in [4.69, 9.17) is 4.74 Å². The van der Waals surface area contributed by atoms with Gasteiger partial charge in [-0.2, -0.15) is 0 Å². The summed E-state index contributed by atoms with van der Waals surface area (Å²) in [5.41, 5.74) is 1.95. The molecule has 1 N–H and O–H groups in total. The van der Waals surface area contributed by atoms with E-state index in [1.807, 2.05) is 35.0 Å². The molecule has 1 amide bonds. The zero-order chi connectivity index (χ0) is 18.9. The second-order valence-corrected chi connectivity index (χ2v) is 8.79. The first-order chi connectivity index (χ1) is 13.0. The summed E-state index contributed by atoms with van der Waals surface area (Å²) < 4.78 is 30.9. The summed E-state index contributed by atoms with van der Waals surface area (Å²) in [6.45, 7) is 0.226. The van der Waals surface area contributed by atoms with Crippen molar-refractivity contribution in [3.63, 3.8) is 0 Å². The van der Waals surface area contributed by atoms with E-state index in [0.29, 0.717) is 17.7 Å². The van der Waals surface area contributed by atoms with Crippen LogP contribution in [-0.2, 0) is 16.4 Å². The molecule has 8 heteroatoms. The predicted octanol–water partition coefficient (Wildman–Crippen LogP) is 1.83. The Balaban J connectivity index is 1.46. The van der Waals surface area contributed by atoms with Gasteiger partial charge in [0.15, 0.2) is 9.84 Å². The molecule has 1 unspecified atom stereocenters. The molecule has 140 valence electrons. The summed E-state index contributed by atoms with van der Waals surface area (Å²) >= 11 is 0. The van der Waals surface area contributed by atoms with E-state index < -0.39 is 9.84 Å². The maximum Gasteiger partial charge on any atom is 0.255 e. The minimum Gasteiger partial charge on any atom is -0.486 e. The number of imidazole rings is 1. The lowest BCUT2D eigenvalue weighted by Gasteiger charge is -2.14. The smallest absolute Gasteiger partial charge is 0.255 e. The Morgan fingerprint density at radius 2 is 2.04 bits per heavy atom. The molecule has 1 aliphatic heterocycles. The van der Waals surface area contributed by atoms with Gasteiger partial charge in [-0.15, -0.1) is 0 Å². The molecule has 2 aromatic heterocycles. The van der Waals surface area contributed by atoms with Crippen LogP contribution < -0.4 is 10.1 Å². The molecule has 27 heavy (non-hydrogen) atoms. The second-order valence-electron chi connectivity index (χ2n) is 6.56. The first kappa shape index (κ1) is 17.5. The fraction of sp³-hybridized carbons (Fsp3) is 0.263. The minimum absolute atomic E-state index is 0.0109. The number of sulfone groups is 1. The third kappa shape index (κ3) is 3.95. The van der Waals surface area contributed by atoms with Crippen LogP contribution in [0, 0.1) is 0 Å². The number of hydrogen-bond donors (Lipinski definition) is 1. The molecule has 1 aliphatic rings. The highest BCUT2D eigenvalue weighted by Crippen LogP contribution is 2.21. The van der Waals surface area contributed by atoms with Crippen molar-refractivity contribution in [2.75, 3.05) is 11.5 Å². The number of nitrogens with one attached hydrogen (secondary N) is 1. The number of carbonyl (C=O) groups is 1. The molecule has 7 nitrogen and oxygen atoms in total. The van der Waals surface area contributed by atoms with Gasteiger partial charge in [-0.1, -0.05) is 18.2 Å². The third-order valence-electron chi connectivity index (χ3n) is 4.49. The van der Waals surface area contributed by atoms with Crippen molar-refractivity contribution in [1.82, 2.24) is 14.7 Å². The lowest BCUT2D eigenvalue weighted by molar-refractivity contribution is 0.0936. The highest BCUT2D eigenvalue weighted by Gasteiger charge is 2.29. The van der Waals surface area contributed by atoms with E-state index in [0.717, 1.165) is 11.3 Å². The Labute approximate surface area is 156 Å². The van der Waals surface area contributed by atoms with Crippen molar-refractivity contribution in [2.24, 2.45) is 0 Å². The summed E-state index contributed by atoms with van der Waals surface area (Å²) in [6.07, 6.45) is 4.22. The zero-order valence-electron chi connectivity index (χ0n) is 14.5. The number of hydrogen-bond acceptors (Lipinski definition) is 5. The van der Waals surface area contributed by atoms with Crippen molar-refractivity contribution in [2.45, 2.75) is 19.1 Å². The topological polar surface area (TPSA) is 89.8 Å². The molecular weight excluding hydrogens is 366 g/mol. The molecule has 0 aliphatic carbocycles. The fourth-order valence-corrected chi connectivity index (χ4v) is 4.83. The van der Waals surface area contributed by atoms with E-state index in [9.17, 15) is 13.2 Å². The largest absolute Gasteiger partial charge is 0.486 e. The number of ether oxygens (including phenoxy) is 1. The van der Waals surface area contributed by atoms with Crippen molar-refractivity contribution in [3.05, 3.63) is 66.1 Å². The number of carbonyl (C=O) groups excluding carboxylic acids is 1. The van der Waals surface area contributed by atoms with Crippen LogP contribution in [0.2, 0.25) is 0 Å². The van der Waals surface area contributed by atoms with Gasteiger partial charge in [-0.05, 0) is 30.7 Å². The van der Waals surface area contributed by atoms with Gasteiger partial charge in [0.05, 0.1) is 22.8 Å². The quantitative estimate of drug-likeness (QED) is 0.724. The van der Waals surface area contributed by atoms with Crippen LogP contribution in [0.3, 0.4) is 0 Å².